The SMILES string of the molecule is O=S(=O)(Cl)C[C@@H]1CCCCC1(F)F. The molecule has 1 saturated carbocycles. The largest absolute Gasteiger partial charge is 0.251 e. The van der Waals surface area contributed by atoms with Crippen molar-refractivity contribution in [2.45, 2.75) is 31.6 Å². The van der Waals surface area contributed by atoms with Gasteiger partial charge in [-0.25, -0.2) is 17.2 Å². The average Bonchev–Trinajstić information content (AvgIpc) is 1.91. The zero-order chi connectivity index (χ0) is 10.1. The predicted molar refractivity (Wildman–Crippen MR) is 46.5 cm³/mol. The molecular weight excluding hydrogens is 222 g/mol. The molecule has 6 heteroatoms. The van der Waals surface area contributed by atoms with Crippen molar-refractivity contribution in [2.75, 3.05) is 5.75 Å². The molecule has 0 saturated heterocycles. The van der Waals surface area contributed by atoms with E-state index in [4.69, 9.17) is 10.7 Å². The highest BCUT2D eigenvalue weighted by atomic mass is 35.7. The second-order valence-corrected chi connectivity index (χ2v) is 6.23. The molecule has 1 rings (SSSR count). The second-order valence-electron chi connectivity index (χ2n) is 3.41. The third kappa shape index (κ3) is 3.38. The number of hydrogen-bond acceptors (Lipinski definition) is 2. The average molecular weight is 233 g/mol. The van der Waals surface area contributed by atoms with Crippen LogP contribution in [0.3, 0.4) is 0 Å². The Morgan fingerprint density at radius 1 is 1.38 bits per heavy atom. The molecule has 0 aromatic rings. The van der Waals surface area contributed by atoms with Gasteiger partial charge in [0, 0.05) is 23.0 Å². The molecule has 2 nitrogen and oxygen atoms in total. The molecule has 0 aromatic carbocycles. The molecule has 0 bridgehead atoms. The van der Waals surface area contributed by atoms with Crippen LogP contribution < -0.4 is 0 Å². The number of rotatable bonds is 2. The first-order chi connectivity index (χ1) is 5.81. The Morgan fingerprint density at radius 3 is 2.46 bits per heavy atom. The molecule has 0 unspecified atom stereocenters. The fourth-order valence-corrected chi connectivity index (χ4v) is 2.96. The van der Waals surface area contributed by atoms with Crippen LogP contribution in [-0.4, -0.2) is 20.1 Å². The molecule has 0 heterocycles. The lowest BCUT2D eigenvalue weighted by atomic mass is 9.87. The van der Waals surface area contributed by atoms with Crippen LogP contribution in [0.25, 0.3) is 0 Å². The van der Waals surface area contributed by atoms with E-state index in [-0.39, 0.29) is 12.8 Å². The van der Waals surface area contributed by atoms with Gasteiger partial charge in [-0.3, -0.25) is 0 Å². The van der Waals surface area contributed by atoms with E-state index in [1.54, 1.807) is 0 Å². The fourth-order valence-electron chi connectivity index (χ4n) is 1.61. The van der Waals surface area contributed by atoms with Gasteiger partial charge < -0.3 is 0 Å². The predicted octanol–water partition coefficient (Wildman–Crippen LogP) is 2.38. The summed E-state index contributed by atoms with van der Waals surface area (Å²) in [6.45, 7) is 0. The Morgan fingerprint density at radius 2 is 2.00 bits per heavy atom. The Labute approximate surface area is 80.7 Å². The minimum absolute atomic E-state index is 0.218. The smallest absolute Gasteiger partial charge is 0.212 e. The van der Waals surface area contributed by atoms with Crippen LogP contribution >= 0.6 is 10.7 Å². The molecular formula is C7H11ClF2O2S. The first kappa shape index (κ1) is 11.2. The normalized spacial score (nSPS) is 28.7. The molecule has 0 radical (unpaired) electrons. The highest BCUT2D eigenvalue weighted by molar-refractivity contribution is 8.13. The van der Waals surface area contributed by atoms with E-state index in [0.29, 0.717) is 12.8 Å². The van der Waals surface area contributed by atoms with Crippen molar-refractivity contribution in [1.29, 1.82) is 0 Å². The summed E-state index contributed by atoms with van der Waals surface area (Å²) in [5.74, 6) is -4.56. The Kier molecular flexibility index (Phi) is 3.17. The van der Waals surface area contributed by atoms with Crippen molar-refractivity contribution in [1.82, 2.24) is 0 Å². The minimum Gasteiger partial charge on any atom is -0.212 e. The summed E-state index contributed by atoms with van der Waals surface area (Å²) < 4.78 is 47.4. The molecule has 1 aliphatic carbocycles. The van der Waals surface area contributed by atoms with Crippen molar-refractivity contribution < 1.29 is 17.2 Å². The summed E-state index contributed by atoms with van der Waals surface area (Å²) in [5, 5.41) is 0. The molecule has 0 aliphatic heterocycles. The van der Waals surface area contributed by atoms with Crippen molar-refractivity contribution in [3.63, 3.8) is 0 Å². The van der Waals surface area contributed by atoms with Crippen LogP contribution in [0.15, 0.2) is 0 Å². The highest BCUT2D eigenvalue weighted by Gasteiger charge is 2.43. The van der Waals surface area contributed by atoms with Gasteiger partial charge in [0.15, 0.2) is 0 Å². The quantitative estimate of drug-likeness (QED) is 0.685. The number of alkyl halides is 2. The van der Waals surface area contributed by atoms with Gasteiger partial charge in [0.05, 0.1) is 5.75 Å². The summed E-state index contributed by atoms with van der Waals surface area (Å²) in [4.78, 5) is 0. The summed E-state index contributed by atoms with van der Waals surface area (Å²) in [5.41, 5.74) is 0. The lowest BCUT2D eigenvalue weighted by Gasteiger charge is -2.30. The molecule has 1 fully saturated rings. The van der Waals surface area contributed by atoms with Crippen molar-refractivity contribution >= 4 is 19.7 Å². The third-order valence-corrected chi connectivity index (χ3v) is 3.49. The highest BCUT2D eigenvalue weighted by Crippen LogP contribution is 2.39. The lowest BCUT2D eigenvalue weighted by Crippen LogP contribution is -2.35. The second kappa shape index (κ2) is 3.69. The standard InChI is InChI=1S/C7H11ClF2O2S/c8-13(11,12)5-6-3-1-2-4-7(6,9)10/h6H,1-5H2/t6-/m0/s1. The van der Waals surface area contributed by atoms with Gasteiger partial charge in [-0.1, -0.05) is 6.42 Å². The maximum atomic E-state index is 13.1. The Bertz CT molecular complexity index is 276. The first-order valence-corrected chi connectivity index (χ1v) is 6.59. The van der Waals surface area contributed by atoms with Gasteiger partial charge in [0.1, 0.15) is 0 Å². The molecule has 1 atom stereocenters. The maximum absolute atomic E-state index is 13.1. The minimum atomic E-state index is -3.80. The van der Waals surface area contributed by atoms with Gasteiger partial charge in [0.2, 0.25) is 9.05 Å². The molecule has 0 spiro atoms. The summed E-state index contributed by atoms with van der Waals surface area (Å²) in [7, 11) is 1.13. The van der Waals surface area contributed by atoms with Gasteiger partial charge >= 0.3 is 0 Å². The van der Waals surface area contributed by atoms with Gasteiger partial charge in [-0.2, -0.15) is 0 Å². The molecule has 78 valence electrons. The fraction of sp³-hybridized carbons (Fsp3) is 1.00. The van der Waals surface area contributed by atoms with Crippen LogP contribution in [0, 0.1) is 5.92 Å². The van der Waals surface area contributed by atoms with E-state index >= 15 is 0 Å². The Hall–Kier alpha value is 0.1000. The van der Waals surface area contributed by atoms with E-state index in [1.165, 1.54) is 0 Å². The van der Waals surface area contributed by atoms with Crippen LogP contribution in [-0.2, 0) is 9.05 Å². The molecule has 1 aliphatic rings. The van der Waals surface area contributed by atoms with E-state index in [1.807, 2.05) is 0 Å². The zero-order valence-electron chi connectivity index (χ0n) is 6.97. The van der Waals surface area contributed by atoms with Crippen LogP contribution in [0.2, 0.25) is 0 Å². The monoisotopic (exact) mass is 232 g/mol. The summed E-state index contributed by atoms with van der Waals surface area (Å²) in [6.07, 6.45) is 1.15. The van der Waals surface area contributed by atoms with E-state index in [9.17, 15) is 17.2 Å². The van der Waals surface area contributed by atoms with E-state index in [2.05, 4.69) is 0 Å². The summed E-state index contributed by atoms with van der Waals surface area (Å²) >= 11 is 0. The van der Waals surface area contributed by atoms with Gasteiger partial charge in [-0.15, -0.1) is 0 Å². The lowest BCUT2D eigenvalue weighted by molar-refractivity contribution is -0.0769. The van der Waals surface area contributed by atoms with E-state index < -0.39 is 26.6 Å². The van der Waals surface area contributed by atoms with Crippen LogP contribution in [0.5, 0.6) is 0 Å². The maximum Gasteiger partial charge on any atom is 0.251 e. The Balaban J connectivity index is 2.67. The van der Waals surface area contributed by atoms with E-state index in [0.717, 1.165) is 0 Å². The number of halogens is 3. The van der Waals surface area contributed by atoms with Crippen LogP contribution in [0.4, 0.5) is 8.78 Å². The number of hydrogen-bond donors (Lipinski definition) is 0. The molecule has 0 amide bonds. The molecule has 0 N–H and O–H groups in total. The third-order valence-electron chi connectivity index (χ3n) is 2.31. The van der Waals surface area contributed by atoms with Gasteiger partial charge in [-0.05, 0) is 12.8 Å². The molecule has 0 aromatic heterocycles. The van der Waals surface area contributed by atoms with Crippen molar-refractivity contribution in [2.24, 2.45) is 5.92 Å². The summed E-state index contributed by atoms with van der Waals surface area (Å²) in [6, 6.07) is 0. The van der Waals surface area contributed by atoms with Crippen molar-refractivity contribution in [3.8, 4) is 0 Å². The van der Waals surface area contributed by atoms with Crippen LogP contribution in [0.1, 0.15) is 25.7 Å². The van der Waals surface area contributed by atoms with Crippen molar-refractivity contribution in [3.05, 3.63) is 0 Å². The first-order valence-electron chi connectivity index (χ1n) is 4.11. The zero-order valence-corrected chi connectivity index (χ0v) is 8.54. The molecule has 13 heavy (non-hydrogen) atoms. The van der Waals surface area contributed by atoms with Gasteiger partial charge in [0.25, 0.3) is 5.92 Å². The topological polar surface area (TPSA) is 34.1 Å².